The molecule has 0 aliphatic carbocycles. The summed E-state index contributed by atoms with van der Waals surface area (Å²) in [4.78, 5) is 6.79. The first-order chi connectivity index (χ1) is 12.9. The summed E-state index contributed by atoms with van der Waals surface area (Å²) in [5.41, 5.74) is 1.31. The second-order valence-corrected chi connectivity index (χ2v) is 6.45. The lowest BCUT2D eigenvalue weighted by molar-refractivity contribution is 0.0567. The number of nitrogens with zero attached hydrogens (tertiary/aromatic N) is 2. The van der Waals surface area contributed by atoms with Gasteiger partial charge in [-0.15, -0.1) is 0 Å². The number of piperidine rings is 1. The Balaban J connectivity index is 1.38. The van der Waals surface area contributed by atoms with E-state index >= 15 is 0 Å². The Morgan fingerprint density at radius 2 is 1.92 bits per heavy atom. The van der Waals surface area contributed by atoms with Crippen LogP contribution in [0.25, 0.3) is 0 Å². The number of hydrogen-bond donors (Lipinski definition) is 0. The average molecular weight is 356 g/mol. The van der Waals surface area contributed by atoms with Gasteiger partial charge >= 0.3 is 0 Å². The van der Waals surface area contributed by atoms with Gasteiger partial charge in [-0.05, 0) is 43.1 Å². The van der Waals surface area contributed by atoms with Gasteiger partial charge in [0.15, 0.2) is 11.5 Å². The number of likely N-dealkylation sites (tertiary alicyclic amines) is 1. The summed E-state index contributed by atoms with van der Waals surface area (Å²) in [7, 11) is 1.65. The Bertz CT molecular complexity index is 651. The van der Waals surface area contributed by atoms with E-state index in [4.69, 9.17) is 14.2 Å². The van der Waals surface area contributed by atoms with E-state index in [-0.39, 0.29) is 0 Å². The topological polar surface area (TPSA) is 43.8 Å². The zero-order chi connectivity index (χ0) is 18.0. The zero-order valence-electron chi connectivity index (χ0n) is 15.5. The van der Waals surface area contributed by atoms with Gasteiger partial charge in [-0.25, -0.2) is 0 Å². The first-order valence-corrected chi connectivity index (χ1v) is 9.36. The molecule has 5 heteroatoms. The van der Waals surface area contributed by atoms with Gasteiger partial charge in [-0.2, -0.15) is 0 Å². The van der Waals surface area contributed by atoms with Gasteiger partial charge in [0.05, 0.1) is 20.3 Å². The first-order valence-electron chi connectivity index (χ1n) is 9.36. The molecule has 0 unspecified atom stereocenters. The van der Waals surface area contributed by atoms with Gasteiger partial charge in [-0.3, -0.25) is 9.88 Å². The molecule has 5 nitrogen and oxygen atoms in total. The van der Waals surface area contributed by atoms with Gasteiger partial charge in [0.25, 0.3) is 0 Å². The molecule has 1 aliphatic heterocycles. The number of hydrogen-bond acceptors (Lipinski definition) is 5. The van der Waals surface area contributed by atoms with Crippen molar-refractivity contribution in [1.29, 1.82) is 0 Å². The van der Waals surface area contributed by atoms with Gasteiger partial charge in [0.1, 0.15) is 6.61 Å². The van der Waals surface area contributed by atoms with Crippen molar-refractivity contribution in [1.82, 2.24) is 9.88 Å². The minimum Gasteiger partial charge on any atom is -0.493 e. The van der Waals surface area contributed by atoms with Gasteiger partial charge in [-0.1, -0.05) is 24.6 Å². The van der Waals surface area contributed by atoms with Crippen molar-refractivity contribution in [3.63, 3.8) is 0 Å². The average Bonchev–Trinajstić information content (AvgIpc) is 2.72. The standard InChI is InChI=1S/C21H28N2O3/c1-24-20-9-2-3-10-21(20)26-16-15-25-14-13-23-12-5-4-8-19(23)18-7-6-11-22-17-18/h2-3,6-7,9-11,17,19H,4-5,8,12-16H2,1H3/t19-/m0/s1. The molecule has 1 aromatic carbocycles. The number of pyridine rings is 1. The fourth-order valence-corrected chi connectivity index (χ4v) is 3.44. The number of methoxy groups -OCH3 is 1. The molecule has 1 atom stereocenters. The molecule has 0 amide bonds. The minimum absolute atomic E-state index is 0.464. The number of benzene rings is 1. The largest absolute Gasteiger partial charge is 0.493 e. The maximum Gasteiger partial charge on any atom is 0.161 e. The van der Waals surface area contributed by atoms with Crippen molar-refractivity contribution in [2.45, 2.75) is 25.3 Å². The van der Waals surface area contributed by atoms with Crippen LogP contribution in [0.3, 0.4) is 0 Å². The maximum absolute atomic E-state index is 5.79. The van der Waals surface area contributed by atoms with E-state index < -0.39 is 0 Å². The summed E-state index contributed by atoms with van der Waals surface area (Å²) in [5.74, 6) is 1.51. The molecule has 0 radical (unpaired) electrons. The Morgan fingerprint density at radius 3 is 2.73 bits per heavy atom. The molecule has 2 heterocycles. The van der Waals surface area contributed by atoms with Crippen molar-refractivity contribution in [3.05, 3.63) is 54.4 Å². The molecule has 0 saturated carbocycles. The molecular formula is C21H28N2O3. The molecule has 26 heavy (non-hydrogen) atoms. The molecule has 2 aromatic rings. The molecule has 140 valence electrons. The molecular weight excluding hydrogens is 328 g/mol. The third-order valence-electron chi connectivity index (χ3n) is 4.76. The lowest BCUT2D eigenvalue weighted by atomic mass is 9.96. The molecule has 3 rings (SSSR count). The van der Waals surface area contributed by atoms with E-state index in [1.807, 2.05) is 42.7 Å². The molecule has 1 saturated heterocycles. The molecule has 1 fully saturated rings. The Kier molecular flexibility index (Phi) is 7.28. The lowest BCUT2D eigenvalue weighted by Crippen LogP contribution is -2.36. The van der Waals surface area contributed by atoms with Crippen LogP contribution in [0.2, 0.25) is 0 Å². The monoisotopic (exact) mass is 356 g/mol. The van der Waals surface area contributed by atoms with Crippen LogP contribution in [0.4, 0.5) is 0 Å². The highest BCUT2D eigenvalue weighted by atomic mass is 16.5. The molecule has 0 N–H and O–H groups in total. The van der Waals surface area contributed by atoms with Crippen molar-refractivity contribution in [2.75, 3.05) is 40.0 Å². The van der Waals surface area contributed by atoms with Crippen LogP contribution in [0.1, 0.15) is 30.9 Å². The normalized spacial score (nSPS) is 17.8. The zero-order valence-corrected chi connectivity index (χ0v) is 15.5. The fraction of sp³-hybridized carbons (Fsp3) is 0.476. The van der Waals surface area contributed by atoms with Crippen LogP contribution in [0.15, 0.2) is 48.8 Å². The molecule has 0 bridgehead atoms. The number of rotatable bonds is 9. The quantitative estimate of drug-likeness (QED) is 0.641. The second-order valence-electron chi connectivity index (χ2n) is 6.45. The molecule has 1 aliphatic rings. The van der Waals surface area contributed by atoms with E-state index in [1.54, 1.807) is 7.11 Å². The van der Waals surface area contributed by atoms with Crippen LogP contribution in [-0.4, -0.2) is 49.9 Å². The summed E-state index contributed by atoms with van der Waals surface area (Å²) in [6.45, 7) is 3.87. The van der Waals surface area contributed by atoms with Crippen LogP contribution in [0.5, 0.6) is 11.5 Å². The van der Waals surface area contributed by atoms with Gasteiger partial charge in [0, 0.05) is 25.0 Å². The number of aromatic nitrogens is 1. The minimum atomic E-state index is 0.464. The van der Waals surface area contributed by atoms with Crippen molar-refractivity contribution in [3.8, 4) is 11.5 Å². The summed E-state index contributed by atoms with van der Waals surface area (Å²) in [6, 6.07) is 12.3. The van der Waals surface area contributed by atoms with Crippen LogP contribution >= 0.6 is 0 Å². The van der Waals surface area contributed by atoms with Crippen LogP contribution < -0.4 is 9.47 Å². The van der Waals surface area contributed by atoms with Gasteiger partial charge in [0.2, 0.25) is 0 Å². The van der Waals surface area contributed by atoms with Crippen molar-refractivity contribution < 1.29 is 14.2 Å². The highest BCUT2D eigenvalue weighted by Crippen LogP contribution is 2.30. The lowest BCUT2D eigenvalue weighted by Gasteiger charge is -2.35. The van der Waals surface area contributed by atoms with E-state index in [2.05, 4.69) is 16.0 Å². The first kappa shape index (κ1) is 18.7. The van der Waals surface area contributed by atoms with Gasteiger partial charge < -0.3 is 14.2 Å². The van der Waals surface area contributed by atoms with Crippen molar-refractivity contribution >= 4 is 0 Å². The molecule has 1 aromatic heterocycles. The third kappa shape index (κ3) is 5.19. The summed E-state index contributed by atoms with van der Waals surface area (Å²) >= 11 is 0. The smallest absolute Gasteiger partial charge is 0.161 e. The van der Waals surface area contributed by atoms with Crippen molar-refractivity contribution in [2.24, 2.45) is 0 Å². The summed E-state index contributed by atoms with van der Waals surface area (Å²) < 4.78 is 16.8. The fourth-order valence-electron chi connectivity index (χ4n) is 3.44. The number of para-hydroxylation sites is 2. The van der Waals surface area contributed by atoms with E-state index in [0.29, 0.717) is 25.9 Å². The second kappa shape index (κ2) is 10.1. The van der Waals surface area contributed by atoms with E-state index in [1.165, 1.54) is 24.8 Å². The Hall–Kier alpha value is -2.11. The van der Waals surface area contributed by atoms with E-state index in [0.717, 1.165) is 24.6 Å². The van der Waals surface area contributed by atoms with Crippen LogP contribution in [-0.2, 0) is 4.74 Å². The summed E-state index contributed by atoms with van der Waals surface area (Å²) in [5, 5.41) is 0. The third-order valence-corrected chi connectivity index (χ3v) is 4.76. The predicted octanol–water partition coefficient (Wildman–Crippen LogP) is 3.71. The number of ether oxygens (including phenoxy) is 3. The summed E-state index contributed by atoms with van der Waals surface area (Å²) in [6.07, 6.45) is 7.56. The van der Waals surface area contributed by atoms with E-state index in [9.17, 15) is 0 Å². The predicted molar refractivity (Wildman–Crippen MR) is 102 cm³/mol. The van der Waals surface area contributed by atoms with Crippen LogP contribution in [0, 0.1) is 0 Å². The highest BCUT2D eigenvalue weighted by molar-refractivity contribution is 5.39. The molecule has 0 spiro atoms. The Labute approximate surface area is 155 Å². The highest BCUT2D eigenvalue weighted by Gasteiger charge is 2.23. The SMILES string of the molecule is COc1ccccc1OCCOCCN1CCCC[C@H]1c1cccnc1. The Morgan fingerprint density at radius 1 is 1.04 bits per heavy atom. The maximum atomic E-state index is 5.79.